The zero-order valence-corrected chi connectivity index (χ0v) is 11.2. The van der Waals surface area contributed by atoms with E-state index >= 15 is 0 Å². The van der Waals surface area contributed by atoms with Crippen molar-refractivity contribution in [2.45, 2.75) is 0 Å². The largest absolute Gasteiger partial charge is 0.497 e. The molecule has 0 atom stereocenters. The number of aromatic nitrogens is 1. The molecule has 1 aromatic heterocycles. The summed E-state index contributed by atoms with van der Waals surface area (Å²) in [5, 5.41) is 8.96. The number of nitriles is 1. The summed E-state index contributed by atoms with van der Waals surface area (Å²) in [6.45, 7) is 0. The van der Waals surface area contributed by atoms with Crippen LogP contribution in [0.4, 0.5) is 5.69 Å². The number of carbonyl (C=O) groups excluding carboxylic acids is 1. The van der Waals surface area contributed by atoms with Gasteiger partial charge in [-0.1, -0.05) is 0 Å². The van der Waals surface area contributed by atoms with Crippen molar-refractivity contribution >= 4 is 11.6 Å². The van der Waals surface area contributed by atoms with Gasteiger partial charge in [-0.15, -0.1) is 0 Å². The summed E-state index contributed by atoms with van der Waals surface area (Å²) >= 11 is 0. The Hall–Kier alpha value is -3.27. The number of pyridine rings is 1. The van der Waals surface area contributed by atoms with Crippen LogP contribution in [0.25, 0.3) is 0 Å². The molecular weight excluding hydrogens is 272 g/mol. The van der Waals surface area contributed by atoms with E-state index < -0.39 is 5.91 Å². The summed E-state index contributed by atoms with van der Waals surface area (Å²) in [7, 11) is 1.47. The first-order valence-corrected chi connectivity index (χ1v) is 5.86. The number of methoxy groups -OCH3 is 1. The second kappa shape index (κ2) is 5.79. The Kier molecular flexibility index (Phi) is 3.90. The van der Waals surface area contributed by atoms with Crippen molar-refractivity contribution in [3.8, 4) is 23.4 Å². The van der Waals surface area contributed by atoms with E-state index in [9.17, 15) is 4.79 Å². The number of primary amides is 1. The second-order valence-corrected chi connectivity index (χ2v) is 4.10. The monoisotopic (exact) mass is 284 g/mol. The van der Waals surface area contributed by atoms with E-state index in [0.717, 1.165) is 0 Å². The number of amides is 1. The molecule has 106 valence electrons. The van der Waals surface area contributed by atoms with Crippen molar-refractivity contribution in [1.82, 2.24) is 4.98 Å². The SMILES string of the molecule is COc1cc(C#N)cc(Oc2ncc(N)cc2C(N)=O)c1. The molecule has 1 heterocycles. The molecule has 0 fully saturated rings. The number of benzene rings is 1. The van der Waals surface area contributed by atoms with Crippen molar-refractivity contribution in [3.63, 3.8) is 0 Å². The zero-order valence-electron chi connectivity index (χ0n) is 11.2. The molecule has 0 aliphatic carbocycles. The summed E-state index contributed by atoms with van der Waals surface area (Å²) in [6.07, 6.45) is 1.34. The predicted molar refractivity (Wildman–Crippen MR) is 75.0 cm³/mol. The lowest BCUT2D eigenvalue weighted by Gasteiger charge is -2.10. The molecular formula is C14H12N4O3. The maximum absolute atomic E-state index is 11.4. The van der Waals surface area contributed by atoms with Crippen LogP contribution in [0, 0.1) is 11.3 Å². The molecule has 4 N–H and O–H groups in total. The molecule has 0 saturated carbocycles. The standard InChI is InChI=1S/C14H12N4O3/c1-20-10-2-8(6-15)3-11(5-10)21-14-12(13(17)19)4-9(16)7-18-14/h2-5,7H,16H2,1H3,(H2,17,19). The lowest BCUT2D eigenvalue weighted by Crippen LogP contribution is -2.13. The van der Waals surface area contributed by atoms with Crippen LogP contribution >= 0.6 is 0 Å². The lowest BCUT2D eigenvalue weighted by atomic mass is 10.2. The van der Waals surface area contributed by atoms with Crippen molar-refractivity contribution in [1.29, 1.82) is 5.26 Å². The number of nitrogens with two attached hydrogens (primary N) is 2. The van der Waals surface area contributed by atoms with E-state index in [0.29, 0.717) is 22.7 Å². The fourth-order valence-electron chi connectivity index (χ4n) is 1.65. The first-order chi connectivity index (χ1) is 10.0. The first kappa shape index (κ1) is 14.1. The van der Waals surface area contributed by atoms with Crippen LogP contribution in [-0.2, 0) is 0 Å². The number of carbonyl (C=O) groups is 1. The van der Waals surface area contributed by atoms with Gasteiger partial charge in [0, 0.05) is 6.07 Å². The number of anilines is 1. The molecule has 1 aromatic carbocycles. The van der Waals surface area contributed by atoms with Gasteiger partial charge in [0.2, 0.25) is 5.88 Å². The number of hydrogen-bond acceptors (Lipinski definition) is 6. The highest BCUT2D eigenvalue weighted by Crippen LogP contribution is 2.28. The van der Waals surface area contributed by atoms with Gasteiger partial charge in [-0.2, -0.15) is 5.26 Å². The van der Waals surface area contributed by atoms with Crippen LogP contribution in [-0.4, -0.2) is 18.0 Å². The summed E-state index contributed by atoms with van der Waals surface area (Å²) in [5.41, 5.74) is 11.5. The Morgan fingerprint density at radius 3 is 2.62 bits per heavy atom. The van der Waals surface area contributed by atoms with Gasteiger partial charge in [-0.3, -0.25) is 4.79 Å². The fraction of sp³-hybridized carbons (Fsp3) is 0.0714. The summed E-state index contributed by atoms with van der Waals surface area (Å²) in [6, 6.07) is 7.96. The Labute approximate surface area is 120 Å². The highest BCUT2D eigenvalue weighted by atomic mass is 16.5. The van der Waals surface area contributed by atoms with Crippen LogP contribution in [0.15, 0.2) is 30.5 Å². The Balaban J connectivity index is 2.43. The third kappa shape index (κ3) is 3.19. The molecule has 2 aromatic rings. The number of nitrogen functional groups attached to an aromatic ring is 1. The zero-order chi connectivity index (χ0) is 15.4. The molecule has 7 heteroatoms. The number of rotatable bonds is 4. The molecule has 7 nitrogen and oxygen atoms in total. The van der Waals surface area contributed by atoms with Gasteiger partial charge < -0.3 is 20.9 Å². The quantitative estimate of drug-likeness (QED) is 0.875. The van der Waals surface area contributed by atoms with Crippen LogP contribution in [0.5, 0.6) is 17.4 Å². The molecule has 1 amide bonds. The maximum atomic E-state index is 11.4. The highest BCUT2D eigenvalue weighted by Gasteiger charge is 2.13. The predicted octanol–water partition coefficient (Wildman–Crippen LogP) is 1.44. The van der Waals surface area contributed by atoms with E-state index in [1.54, 1.807) is 12.1 Å². The molecule has 0 saturated heterocycles. The lowest BCUT2D eigenvalue weighted by molar-refractivity contribution is 0.0997. The molecule has 2 rings (SSSR count). The minimum Gasteiger partial charge on any atom is -0.497 e. The van der Waals surface area contributed by atoms with Gasteiger partial charge in [-0.05, 0) is 18.2 Å². The van der Waals surface area contributed by atoms with Crippen LogP contribution in [0.1, 0.15) is 15.9 Å². The molecule has 21 heavy (non-hydrogen) atoms. The van der Waals surface area contributed by atoms with Gasteiger partial charge in [-0.25, -0.2) is 4.98 Å². The molecule has 0 aliphatic rings. The van der Waals surface area contributed by atoms with Gasteiger partial charge in [0.05, 0.1) is 30.6 Å². The Morgan fingerprint density at radius 2 is 2.00 bits per heavy atom. The van der Waals surface area contributed by atoms with Crippen LogP contribution in [0.2, 0.25) is 0 Å². The van der Waals surface area contributed by atoms with Crippen LogP contribution < -0.4 is 20.9 Å². The number of ether oxygens (including phenoxy) is 2. The third-order valence-electron chi connectivity index (χ3n) is 2.60. The minimum atomic E-state index is -0.715. The van der Waals surface area contributed by atoms with E-state index in [-0.39, 0.29) is 11.4 Å². The van der Waals surface area contributed by atoms with Crippen LogP contribution in [0.3, 0.4) is 0 Å². The smallest absolute Gasteiger partial charge is 0.254 e. The van der Waals surface area contributed by atoms with Gasteiger partial charge in [0.25, 0.3) is 5.91 Å². The van der Waals surface area contributed by atoms with Gasteiger partial charge in [0.1, 0.15) is 17.1 Å². The fourth-order valence-corrected chi connectivity index (χ4v) is 1.65. The van der Waals surface area contributed by atoms with E-state index in [1.165, 1.54) is 25.4 Å². The Morgan fingerprint density at radius 1 is 1.29 bits per heavy atom. The Bertz CT molecular complexity index is 737. The molecule has 0 aliphatic heterocycles. The molecule has 0 bridgehead atoms. The van der Waals surface area contributed by atoms with E-state index in [4.69, 9.17) is 26.2 Å². The average Bonchev–Trinajstić information content (AvgIpc) is 2.48. The topological polar surface area (TPSA) is 124 Å². The van der Waals surface area contributed by atoms with E-state index in [1.807, 2.05) is 6.07 Å². The van der Waals surface area contributed by atoms with Crippen molar-refractivity contribution in [2.24, 2.45) is 5.73 Å². The van der Waals surface area contributed by atoms with Crippen molar-refractivity contribution in [3.05, 3.63) is 41.6 Å². The number of nitrogens with zero attached hydrogens (tertiary/aromatic N) is 2. The average molecular weight is 284 g/mol. The van der Waals surface area contributed by atoms with Crippen molar-refractivity contribution < 1.29 is 14.3 Å². The van der Waals surface area contributed by atoms with Crippen molar-refractivity contribution in [2.75, 3.05) is 12.8 Å². The minimum absolute atomic E-state index is 0.00819. The van der Waals surface area contributed by atoms with Gasteiger partial charge >= 0.3 is 0 Å². The maximum Gasteiger partial charge on any atom is 0.254 e. The first-order valence-electron chi connectivity index (χ1n) is 5.86. The van der Waals surface area contributed by atoms with Gasteiger partial charge in [0.15, 0.2) is 0 Å². The third-order valence-corrected chi connectivity index (χ3v) is 2.60. The number of hydrogen-bond donors (Lipinski definition) is 2. The summed E-state index contributed by atoms with van der Waals surface area (Å²) < 4.78 is 10.6. The molecule has 0 radical (unpaired) electrons. The molecule has 0 spiro atoms. The second-order valence-electron chi connectivity index (χ2n) is 4.10. The molecule has 0 unspecified atom stereocenters. The summed E-state index contributed by atoms with van der Waals surface area (Å²) in [4.78, 5) is 15.3. The highest BCUT2D eigenvalue weighted by molar-refractivity contribution is 5.95. The normalized spacial score (nSPS) is 9.71. The van der Waals surface area contributed by atoms with E-state index in [2.05, 4.69) is 4.98 Å². The summed E-state index contributed by atoms with van der Waals surface area (Å²) in [5.74, 6) is 0.0350.